The molecule has 0 N–H and O–H groups in total. The van der Waals surface area contributed by atoms with Gasteiger partial charge in [-0.05, 0) is 68.3 Å². The number of Topliss-reactive ketones (excluding diaryl/α,β-unsaturated/α-hetero) is 1. The molecule has 2 aromatic carbocycles. The van der Waals surface area contributed by atoms with Gasteiger partial charge in [-0.15, -0.1) is 0 Å². The average molecular weight is 298 g/mol. The lowest BCUT2D eigenvalue weighted by Gasteiger charge is -2.10. The quantitative estimate of drug-likeness (QED) is 0.490. The molecule has 0 fully saturated rings. The molecule has 0 aliphatic heterocycles. The first-order valence-electron chi connectivity index (χ1n) is 6.90. The van der Waals surface area contributed by atoms with Crippen LogP contribution in [0.5, 0.6) is 11.5 Å². The summed E-state index contributed by atoms with van der Waals surface area (Å²) in [6, 6.07) is 10.2. The van der Waals surface area contributed by atoms with Crippen molar-refractivity contribution in [2.75, 3.05) is 7.11 Å². The van der Waals surface area contributed by atoms with Crippen LogP contribution < -0.4 is 9.47 Å². The molecule has 4 heteroatoms. The minimum absolute atomic E-state index is 0.0179. The van der Waals surface area contributed by atoms with Gasteiger partial charge in [0.1, 0.15) is 11.5 Å². The summed E-state index contributed by atoms with van der Waals surface area (Å²) in [7, 11) is 1.57. The van der Waals surface area contributed by atoms with Crippen LogP contribution in [0.15, 0.2) is 36.4 Å². The van der Waals surface area contributed by atoms with Gasteiger partial charge in [0.05, 0.1) is 12.7 Å². The van der Waals surface area contributed by atoms with Crippen LogP contribution in [0.2, 0.25) is 0 Å². The molecule has 22 heavy (non-hydrogen) atoms. The van der Waals surface area contributed by atoms with Crippen LogP contribution in [0.4, 0.5) is 0 Å². The number of rotatable bonds is 4. The predicted octanol–water partition coefficient (Wildman–Crippen LogP) is 3.73. The summed E-state index contributed by atoms with van der Waals surface area (Å²) >= 11 is 0. The summed E-state index contributed by atoms with van der Waals surface area (Å²) < 4.78 is 10.4. The molecule has 0 amide bonds. The molecule has 0 aromatic heterocycles. The first-order chi connectivity index (χ1) is 10.4. The van der Waals surface area contributed by atoms with Crippen LogP contribution in [0, 0.1) is 13.8 Å². The van der Waals surface area contributed by atoms with Crippen molar-refractivity contribution < 1.29 is 19.1 Å². The van der Waals surface area contributed by atoms with E-state index in [4.69, 9.17) is 9.47 Å². The maximum atomic E-state index is 12.3. The van der Waals surface area contributed by atoms with Crippen molar-refractivity contribution in [1.29, 1.82) is 0 Å². The smallest absolute Gasteiger partial charge is 0.343 e. The largest absolute Gasteiger partial charge is 0.497 e. The van der Waals surface area contributed by atoms with Gasteiger partial charge in [0.25, 0.3) is 0 Å². The number of benzene rings is 2. The van der Waals surface area contributed by atoms with E-state index < -0.39 is 5.97 Å². The lowest BCUT2D eigenvalue weighted by molar-refractivity contribution is 0.0733. The molecule has 0 saturated carbocycles. The second kappa shape index (κ2) is 6.43. The first-order valence-corrected chi connectivity index (χ1v) is 6.90. The number of methoxy groups -OCH3 is 1. The van der Waals surface area contributed by atoms with E-state index in [0.29, 0.717) is 28.2 Å². The summed E-state index contributed by atoms with van der Waals surface area (Å²) in [6.07, 6.45) is 0. The number of hydrogen-bond donors (Lipinski definition) is 0. The van der Waals surface area contributed by atoms with Crippen LogP contribution >= 0.6 is 0 Å². The summed E-state index contributed by atoms with van der Waals surface area (Å²) in [6.45, 7) is 5.11. The van der Waals surface area contributed by atoms with Gasteiger partial charge >= 0.3 is 5.97 Å². The highest BCUT2D eigenvalue weighted by Gasteiger charge is 2.15. The van der Waals surface area contributed by atoms with Gasteiger partial charge in [0, 0.05) is 5.56 Å². The van der Waals surface area contributed by atoms with Crippen molar-refractivity contribution in [1.82, 2.24) is 0 Å². The number of carbonyl (C=O) groups excluding carboxylic acids is 2. The molecule has 0 spiro atoms. The van der Waals surface area contributed by atoms with Crippen molar-refractivity contribution in [3.63, 3.8) is 0 Å². The van der Waals surface area contributed by atoms with Gasteiger partial charge in [-0.3, -0.25) is 4.79 Å². The molecule has 2 aromatic rings. The predicted molar refractivity (Wildman–Crippen MR) is 83.9 cm³/mol. The molecular weight excluding hydrogens is 280 g/mol. The Morgan fingerprint density at radius 1 is 0.864 bits per heavy atom. The molecule has 0 aliphatic carbocycles. The summed E-state index contributed by atoms with van der Waals surface area (Å²) in [4.78, 5) is 23.8. The highest BCUT2D eigenvalue weighted by molar-refractivity contribution is 5.99. The number of esters is 1. The van der Waals surface area contributed by atoms with Gasteiger partial charge < -0.3 is 9.47 Å². The highest BCUT2D eigenvalue weighted by Crippen LogP contribution is 2.21. The van der Waals surface area contributed by atoms with Crippen molar-refractivity contribution >= 4 is 11.8 Å². The highest BCUT2D eigenvalue weighted by atomic mass is 16.5. The summed E-state index contributed by atoms with van der Waals surface area (Å²) in [5, 5.41) is 0. The zero-order valence-corrected chi connectivity index (χ0v) is 13.1. The Morgan fingerprint density at radius 3 is 1.91 bits per heavy atom. The minimum atomic E-state index is -0.444. The third-order valence-corrected chi connectivity index (χ3v) is 3.44. The normalized spacial score (nSPS) is 10.2. The average Bonchev–Trinajstić information content (AvgIpc) is 2.49. The van der Waals surface area contributed by atoms with Crippen LogP contribution in [0.3, 0.4) is 0 Å². The van der Waals surface area contributed by atoms with E-state index in [2.05, 4.69) is 0 Å². The Labute approximate surface area is 129 Å². The summed E-state index contributed by atoms with van der Waals surface area (Å²) in [5.74, 6) is 0.674. The maximum absolute atomic E-state index is 12.3. The maximum Gasteiger partial charge on any atom is 0.343 e. The van der Waals surface area contributed by atoms with Crippen molar-refractivity contribution in [3.8, 4) is 11.5 Å². The number of ketones is 1. The van der Waals surface area contributed by atoms with Gasteiger partial charge in [-0.25, -0.2) is 4.79 Å². The topological polar surface area (TPSA) is 52.6 Å². The molecule has 0 radical (unpaired) electrons. The molecule has 4 nitrogen and oxygen atoms in total. The van der Waals surface area contributed by atoms with Crippen LogP contribution in [-0.4, -0.2) is 18.9 Å². The van der Waals surface area contributed by atoms with E-state index in [1.165, 1.54) is 6.92 Å². The number of ether oxygens (including phenoxy) is 2. The second-order valence-electron chi connectivity index (χ2n) is 5.10. The molecule has 0 unspecified atom stereocenters. The van der Waals surface area contributed by atoms with E-state index in [1.54, 1.807) is 57.4 Å². The van der Waals surface area contributed by atoms with Gasteiger partial charge in [0.2, 0.25) is 0 Å². The molecular formula is C18H18O4. The number of hydrogen-bond acceptors (Lipinski definition) is 4. The van der Waals surface area contributed by atoms with Crippen molar-refractivity contribution in [2.45, 2.75) is 20.8 Å². The standard InChI is InChI=1S/C18H18O4/c1-11-10-17(12(2)9-16(11)13(3)19)18(20)22-15-7-5-14(21-4)6-8-15/h5-10H,1-4H3. The second-order valence-corrected chi connectivity index (χ2v) is 5.10. The Hall–Kier alpha value is -2.62. The zero-order chi connectivity index (χ0) is 16.3. The molecule has 0 aliphatic rings. The SMILES string of the molecule is COc1ccc(OC(=O)c2cc(C)c(C(C)=O)cc2C)cc1. The third kappa shape index (κ3) is 3.34. The molecule has 114 valence electrons. The van der Waals surface area contributed by atoms with Crippen molar-refractivity contribution in [3.05, 3.63) is 58.7 Å². The number of carbonyl (C=O) groups is 2. The van der Waals surface area contributed by atoms with Crippen LogP contribution in [0.25, 0.3) is 0 Å². The monoisotopic (exact) mass is 298 g/mol. The Morgan fingerprint density at radius 2 is 1.36 bits per heavy atom. The molecule has 0 bridgehead atoms. The fourth-order valence-corrected chi connectivity index (χ4v) is 2.22. The van der Waals surface area contributed by atoms with E-state index in [0.717, 1.165) is 5.56 Å². The third-order valence-electron chi connectivity index (χ3n) is 3.44. The Balaban J connectivity index is 2.25. The van der Waals surface area contributed by atoms with E-state index in [1.807, 2.05) is 0 Å². The fourth-order valence-electron chi connectivity index (χ4n) is 2.22. The van der Waals surface area contributed by atoms with Crippen LogP contribution in [0.1, 0.15) is 38.8 Å². The fraction of sp³-hybridized carbons (Fsp3) is 0.222. The molecule has 0 atom stereocenters. The first kappa shape index (κ1) is 15.8. The van der Waals surface area contributed by atoms with Gasteiger partial charge in [-0.1, -0.05) is 0 Å². The molecule has 0 saturated heterocycles. The van der Waals surface area contributed by atoms with Crippen LogP contribution in [-0.2, 0) is 0 Å². The van der Waals surface area contributed by atoms with E-state index in [9.17, 15) is 9.59 Å². The van der Waals surface area contributed by atoms with E-state index >= 15 is 0 Å². The zero-order valence-electron chi connectivity index (χ0n) is 13.1. The lowest BCUT2D eigenvalue weighted by atomic mass is 9.98. The van der Waals surface area contributed by atoms with Crippen molar-refractivity contribution in [2.24, 2.45) is 0 Å². The number of aryl methyl sites for hydroxylation is 2. The van der Waals surface area contributed by atoms with Gasteiger partial charge in [-0.2, -0.15) is 0 Å². The Bertz CT molecular complexity index is 715. The summed E-state index contributed by atoms with van der Waals surface area (Å²) in [5.41, 5.74) is 2.56. The van der Waals surface area contributed by atoms with Gasteiger partial charge in [0.15, 0.2) is 5.78 Å². The molecule has 2 rings (SSSR count). The minimum Gasteiger partial charge on any atom is -0.497 e. The molecule has 0 heterocycles. The van der Waals surface area contributed by atoms with E-state index in [-0.39, 0.29) is 5.78 Å². The lowest BCUT2D eigenvalue weighted by Crippen LogP contribution is -2.12. The Kier molecular flexibility index (Phi) is 4.61.